The number of aromatic nitrogens is 4. The predicted octanol–water partition coefficient (Wildman–Crippen LogP) is 2.41. The van der Waals surface area contributed by atoms with E-state index in [0.29, 0.717) is 12.1 Å². The molecule has 8 nitrogen and oxygen atoms in total. The fourth-order valence-corrected chi connectivity index (χ4v) is 4.02. The van der Waals surface area contributed by atoms with Gasteiger partial charge in [0.2, 0.25) is 0 Å². The summed E-state index contributed by atoms with van der Waals surface area (Å²) in [7, 11) is 0. The van der Waals surface area contributed by atoms with E-state index in [9.17, 15) is 4.79 Å². The average molecular weight is 416 g/mol. The number of hydrogen-bond acceptors (Lipinski definition) is 6. The Morgan fingerprint density at radius 1 is 1.10 bits per heavy atom. The number of nitrogens with zero attached hydrogens (tertiary/aromatic N) is 6. The summed E-state index contributed by atoms with van der Waals surface area (Å²) in [6.07, 6.45) is 7.64. The molecule has 0 unspecified atom stereocenters. The van der Waals surface area contributed by atoms with Crippen molar-refractivity contribution in [3.8, 4) is 5.69 Å². The second-order valence-corrected chi connectivity index (χ2v) is 7.81. The van der Waals surface area contributed by atoms with Gasteiger partial charge in [-0.1, -0.05) is 12.1 Å². The lowest BCUT2D eigenvalue weighted by molar-refractivity contribution is 0.0643. The summed E-state index contributed by atoms with van der Waals surface area (Å²) in [5.74, 6) is 0.0909. The molecule has 1 fully saturated rings. The van der Waals surface area contributed by atoms with E-state index < -0.39 is 0 Å². The molecule has 5 rings (SSSR count). The second kappa shape index (κ2) is 8.31. The molecule has 31 heavy (non-hydrogen) atoms. The Morgan fingerprint density at radius 2 is 1.90 bits per heavy atom. The third-order valence-corrected chi connectivity index (χ3v) is 5.96. The molecule has 2 aliphatic heterocycles. The van der Waals surface area contributed by atoms with Gasteiger partial charge in [-0.25, -0.2) is 4.68 Å². The quantitative estimate of drug-likeness (QED) is 0.705. The standard InChI is InChI=1S/C23H25N7O/c1-2-28-9-11-29(12-10-28)23(31)17-3-5-20(6-4-17)30-16-22(26-27-30)19-13-18-7-8-24-15-21(18)25-14-19/h3-8,13,15-16,25H,2,9-12,14H2,1H3. The van der Waals surface area contributed by atoms with Crippen LogP contribution in [0.5, 0.6) is 0 Å². The van der Waals surface area contributed by atoms with E-state index in [1.807, 2.05) is 47.6 Å². The first kappa shape index (κ1) is 19.4. The maximum absolute atomic E-state index is 12.8. The highest BCUT2D eigenvalue weighted by Crippen LogP contribution is 2.26. The van der Waals surface area contributed by atoms with Crippen LogP contribution in [0.15, 0.2) is 48.9 Å². The first-order chi connectivity index (χ1) is 15.2. The van der Waals surface area contributed by atoms with Gasteiger partial charge in [0.05, 0.1) is 23.8 Å². The normalized spacial score (nSPS) is 16.4. The highest BCUT2D eigenvalue weighted by molar-refractivity contribution is 5.94. The third-order valence-electron chi connectivity index (χ3n) is 5.96. The number of pyridine rings is 1. The van der Waals surface area contributed by atoms with Gasteiger partial charge in [-0.05, 0) is 43.0 Å². The zero-order chi connectivity index (χ0) is 21.2. The van der Waals surface area contributed by atoms with Crippen molar-refractivity contribution in [3.63, 3.8) is 0 Å². The molecular formula is C23H25N7O. The number of hydrogen-bond donors (Lipinski definition) is 1. The number of fused-ring (bicyclic) bond motifs is 1. The number of carbonyl (C=O) groups is 1. The first-order valence-corrected chi connectivity index (χ1v) is 10.6. The van der Waals surface area contributed by atoms with E-state index in [4.69, 9.17) is 0 Å². The van der Waals surface area contributed by atoms with E-state index in [0.717, 1.165) is 60.9 Å². The van der Waals surface area contributed by atoms with Crippen LogP contribution in [0.2, 0.25) is 0 Å². The zero-order valence-electron chi connectivity index (χ0n) is 17.5. The Hall–Kier alpha value is -3.52. The number of carbonyl (C=O) groups excluding carboxylic acids is 1. The number of nitrogens with one attached hydrogen (secondary N) is 1. The van der Waals surface area contributed by atoms with Gasteiger partial charge in [-0.3, -0.25) is 9.78 Å². The molecule has 0 aliphatic carbocycles. The zero-order valence-corrected chi connectivity index (χ0v) is 17.5. The van der Waals surface area contributed by atoms with Gasteiger partial charge in [0.15, 0.2) is 0 Å². The van der Waals surface area contributed by atoms with Crippen molar-refractivity contribution < 1.29 is 4.79 Å². The number of rotatable bonds is 4. The molecule has 2 aliphatic rings. The van der Waals surface area contributed by atoms with E-state index in [1.165, 1.54) is 0 Å². The van der Waals surface area contributed by atoms with E-state index in [2.05, 4.69) is 38.5 Å². The van der Waals surface area contributed by atoms with Gasteiger partial charge in [-0.2, -0.15) is 0 Å². The van der Waals surface area contributed by atoms with Crippen molar-refractivity contribution in [1.82, 2.24) is 29.8 Å². The summed E-state index contributed by atoms with van der Waals surface area (Å²) in [5, 5.41) is 12.0. The van der Waals surface area contributed by atoms with Crippen LogP contribution in [0.1, 0.15) is 28.5 Å². The first-order valence-electron chi connectivity index (χ1n) is 10.6. The van der Waals surface area contributed by atoms with Crippen LogP contribution < -0.4 is 5.32 Å². The number of anilines is 1. The minimum atomic E-state index is 0.0909. The van der Waals surface area contributed by atoms with Crippen molar-refractivity contribution >= 4 is 23.2 Å². The lowest BCUT2D eigenvalue weighted by Gasteiger charge is -2.34. The molecule has 1 aromatic carbocycles. The Balaban J connectivity index is 1.30. The van der Waals surface area contributed by atoms with Crippen molar-refractivity contribution in [3.05, 3.63) is 65.7 Å². The van der Waals surface area contributed by atoms with E-state index >= 15 is 0 Å². The van der Waals surface area contributed by atoms with Crippen LogP contribution >= 0.6 is 0 Å². The highest BCUT2D eigenvalue weighted by atomic mass is 16.2. The molecule has 1 saturated heterocycles. The largest absolute Gasteiger partial charge is 0.379 e. The lowest BCUT2D eigenvalue weighted by Crippen LogP contribution is -2.48. The SMILES string of the molecule is CCN1CCN(C(=O)c2ccc(-n3cc(C4=Cc5ccncc5NC4)nn3)cc2)CC1. The molecule has 8 heteroatoms. The van der Waals surface area contributed by atoms with E-state index in [-0.39, 0.29) is 5.91 Å². The molecule has 158 valence electrons. The molecule has 0 bridgehead atoms. The van der Waals surface area contributed by atoms with Gasteiger partial charge in [0.25, 0.3) is 5.91 Å². The van der Waals surface area contributed by atoms with Crippen LogP contribution in [-0.4, -0.2) is 75.0 Å². The summed E-state index contributed by atoms with van der Waals surface area (Å²) in [5.41, 5.74) is 5.59. The van der Waals surface area contributed by atoms with Crippen molar-refractivity contribution in [2.75, 3.05) is 44.6 Å². The summed E-state index contributed by atoms with van der Waals surface area (Å²) in [6.45, 7) is 7.31. The van der Waals surface area contributed by atoms with Crippen LogP contribution in [0.25, 0.3) is 17.3 Å². The molecule has 0 radical (unpaired) electrons. The van der Waals surface area contributed by atoms with E-state index in [1.54, 1.807) is 10.9 Å². The molecular weight excluding hydrogens is 390 g/mol. The van der Waals surface area contributed by atoms with Crippen molar-refractivity contribution in [1.29, 1.82) is 0 Å². The van der Waals surface area contributed by atoms with Crippen LogP contribution in [-0.2, 0) is 0 Å². The molecule has 1 amide bonds. The number of likely N-dealkylation sites (N-methyl/N-ethyl adjacent to an activating group) is 1. The number of piperazine rings is 1. The maximum Gasteiger partial charge on any atom is 0.253 e. The Labute approximate surface area is 181 Å². The molecule has 0 saturated carbocycles. The lowest BCUT2D eigenvalue weighted by atomic mass is 10.0. The third kappa shape index (κ3) is 3.94. The molecule has 4 heterocycles. The minimum Gasteiger partial charge on any atom is -0.379 e. The molecule has 0 atom stereocenters. The molecule has 0 spiro atoms. The Kier molecular flexibility index (Phi) is 5.21. The fourth-order valence-electron chi connectivity index (χ4n) is 4.02. The maximum atomic E-state index is 12.8. The molecule has 1 N–H and O–H groups in total. The Bertz CT molecular complexity index is 1110. The minimum absolute atomic E-state index is 0.0909. The monoisotopic (exact) mass is 415 g/mol. The summed E-state index contributed by atoms with van der Waals surface area (Å²) >= 11 is 0. The van der Waals surface area contributed by atoms with Crippen molar-refractivity contribution in [2.45, 2.75) is 6.92 Å². The van der Waals surface area contributed by atoms with Gasteiger partial charge in [0.1, 0.15) is 5.69 Å². The fraction of sp³-hybridized carbons (Fsp3) is 0.304. The molecule has 2 aromatic heterocycles. The molecule has 3 aromatic rings. The summed E-state index contributed by atoms with van der Waals surface area (Å²) < 4.78 is 1.74. The van der Waals surface area contributed by atoms with Gasteiger partial charge in [-0.15, -0.1) is 5.10 Å². The van der Waals surface area contributed by atoms with Crippen LogP contribution in [0.4, 0.5) is 5.69 Å². The van der Waals surface area contributed by atoms with Crippen LogP contribution in [0, 0.1) is 0 Å². The smallest absolute Gasteiger partial charge is 0.253 e. The summed E-state index contributed by atoms with van der Waals surface area (Å²) in [6, 6.07) is 9.56. The predicted molar refractivity (Wildman–Crippen MR) is 120 cm³/mol. The van der Waals surface area contributed by atoms with Crippen LogP contribution in [0.3, 0.4) is 0 Å². The average Bonchev–Trinajstić information content (AvgIpc) is 3.34. The van der Waals surface area contributed by atoms with Gasteiger partial charge < -0.3 is 15.1 Å². The number of benzene rings is 1. The number of amides is 1. The highest BCUT2D eigenvalue weighted by Gasteiger charge is 2.21. The van der Waals surface area contributed by atoms with Gasteiger partial charge in [0, 0.05) is 55.6 Å². The Morgan fingerprint density at radius 3 is 2.68 bits per heavy atom. The second-order valence-electron chi connectivity index (χ2n) is 7.81. The topological polar surface area (TPSA) is 79.2 Å². The summed E-state index contributed by atoms with van der Waals surface area (Å²) in [4.78, 5) is 21.2. The van der Waals surface area contributed by atoms with Gasteiger partial charge >= 0.3 is 0 Å². The van der Waals surface area contributed by atoms with Crippen molar-refractivity contribution in [2.24, 2.45) is 0 Å².